The van der Waals surface area contributed by atoms with E-state index < -0.39 is 0 Å². The second-order valence-electron chi connectivity index (χ2n) is 7.14. The first-order chi connectivity index (χ1) is 12.1. The SMILES string of the molecule is CCC1CCCCN1C(=O)C1CCN(C(=O)c2ccccc2Cl)CC1. The number of piperidine rings is 2. The molecule has 2 saturated heterocycles. The predicted octanol–water partition coefficient (Wildman–Crippen LogP) is 3.98. The topological polar surface area (TPSA) is 40.6 Å². The first kappa shape index (κ1) is 18.2. The fourth-order valence-electron chi connectivity index (χ4n) is 4.08. The lowest BCUT2D eigenvalue weighted by molar-refractivity contribution is -0.140. The number of halogens is 1. The zero-order valence-electron chi connectivity index (χ0n) is 14.9. The molecule has 136 valence electrons. The van der Waals surface area contributed by atoms with Crippen molar-refractivity contribution in [3.63, 3.8) is 0 Å². The minimum Gasteiger partial charge on any atom is -0.339 e. The van der Waals surface area contributed by atoms with E-state index in [0.29, 0.717) is 35.6 Å². The molecule has 2 fully saturated rings. The van der Waals surface area contributed by atoms with Gasteiger partial charge in [-0.1, -0.05) is 30.7 Å². The molecule has 5 heteroatoms. The van der Waals surface area contributed by atoms with Crippen LogP contribution in [0.25, 0.3) is 0 Å². The van der Waals surface area contributed by atoms with Crippen molar-refractivity contribution < 1.29 is 9.59 Å². The summed E-state index contributed by atoms with van der Waals surface area (Å²) in [6, 6.07) is 7.57. The van der Waals surface area contributed by atoms with Crippen LogP contribution >= 0.6 is 11.6 Å². The molecule has 2 amide bonds. The Morgan fingerprint density at radius 1 is 1.08 bits per heavy atom. The summed E-state index contributed by atoms with van der Waals surface area (Å²) < 4.78 is 0. The molecule has 0 aromatic heterocycles. The summed E-state index contributed by atoms with van der Waals surface area (Å²) in [6.07, 6.45) is 6.02. The molecule has 0 spiro atoms. The average molecular weight is 363 g/mol. The number of nitrogens with zero attached hydrogens (tertiary/aromatic N) is 2. The summed E-state index contributed by atoms with van der Waals surface area (Å²) >= 11 is 6.14. The van der Waals surface area contributed by atoms with Gasteiger partial charge in [-0.3, -0.25) is 9.59 Å². The summed E-state index contributed by atoms with van der Waals surface area (Å²) in [4.78, 5) is 29.5. The van der Waals surface area contributed by atoms with Gasteiger partial charge in [0.2, 0.25) is 5.91 Å². The second kappa shape index (κ2) is 8.22. The maximum atomic E-state index is 12.9. The lowest BCUT2D eigenvalue weighted by Crippen LogP contribution is -2.49. The van der Waals surface area contributed by atoms with Crippen LogP contribution in [0.3, 0.4) is 0 Å². The van der Waals surface area contributed by atoms with Gasteiger partial charge in [-0.05, 0) is 50.7 Å². The number of hydrogen-bond acceptors (Lipinski definition) is 2. The molecule has 0 bridgehead atoms. The van der Waals surface area contributed by atoms with Crippen molar-refractivity contribution in [1.82, 2.24) is 9.80 Å². The van der Waals surface area contributed by atoms with Gasteiger partial charge in [0.05, 0.1) is 10.6 Å². The highest BCUT2D eigenvalue weighted by Gasteiger charge is 2.34. The Balaban J connectivity index is 1.59. The highest BCUT2D eigenvalue weighted by molar-refractivity contribution is 6.33. The molecule has 2 aliphatic rings. The van der Waals surface area contributed by atoms with Crippen molar-refractivity contribution in [3.8, 4) is 0 Å². The van der Waals surface area contributed by atoms with Crippen molar-refractivity contribution in [2.24, 2.45) is 5.92 Å². The molecule has 0 saturated carbocycles. The van der Waals surface area contributed by atoms with E-state index >= 15 is 0 Å². The van der Waals surface area contributed by atoms with Crippen LogP contribution in [-0.4, -0.2) is 47.3 Å². The summed E-state index contributed by atoms with van der Waals surface area (Å²) in [5, 5.41) is 0.491. The molecule has 25 heavy (non-hydrogen) atoms. The predicted molar refractivity (Wildman–Crippen MR) is 99.7 cm³/mol. The summed E-state index contributed by atoms with van der Waals surface area (Å²) in [6.45, 7) is 4.33. The summed E-state index contributed by atoms with van der Waals surface area (Å²) in [5.74, 6) is 0.333. The van der Waals surface area contributed by atoms with E-state index in [2.05, 4.69) is 11.8 Å². The van der Waals surface area contributed by atoms with Crippen LogP contribution in [-0.2, 0) is 4.79 Å². The van der Waals surface area contributed by atoms with Crippen LogP contribution in [0.15, 0.2) is 24.3 Å². The Morgan fingerprint density at radius 3 is 2.48 bits per heavy atom. The number of rotatable bonds is 3. The molecule has 0 aliphatic carbocycles. The molecular formula is C20H27ClN2O2. The Bertz CT molecular complexity index is 626. The van der Waals surface area contributed by atoms with E-state index in [4.69, 9.17) is 11.6 Å². The fraction of sp³-hybridized carbons (Fsp3) is 0.600. The van der Waals surface area contributed by atoms with Gasteiger partial charge in [0.25, 0.3) is 5.91 Å². The van der Waals surface area contributed by atoms with Crippen LogP contribution in [0.5, 0.6) is 0 Å². The first-order valence-electron chi connectivity index (χ1n) is 9.46. The number of benzene rings is 1. The number of likely N-dealkylation sites (tertiary alicyclic amines) is 2. The number of carbonyl (C=O) groups excluding carboxylic acids is 2. The van der Waals surface area contributed by atoms with Crippen LogP contribution in [0.1, 0.15) is 55.8 Å². The van der Waals surface area contributed by atoms with Crippen LogP contribution in [0, 0.1) is 5.92 Å². The van der Waals surface area contributed by atoms with E-state index in [1.54, 1.807) is 12.1 Å². The highest BCUT2D eigenvalue weighted by atomic mass is 35.5. The van der Waals surface area contributed by atoms with Crippen LogP contribution in [0.2, 0.25) is 5.02 Å². The number of amides is 2. The van der Waals surface area contributed by atoms with Crippen molar-refractivity contribution in [2.75, 3.05) is 19.6 Å². The zero-order chi connectivity index (χ0) is 17.8. The third kappa shape index (κ3) is 4.00. The second-order valence-corrected chi connectivity index (χ2v) is 7.54. The van der Waals surface area contributed by atoms with E-state index in [1.807, 2.05) is 17.0 Å². The monoisotopic (exact) mass is 362 g/mol. The largest absolute Gasteiger partial charge is 0.339 e. The van der Waals surface area contributed by atoms with Gasteiger partial charge >= 0.3 is 0 Å². The molecule has 2 heterocycles. The van der Waals surface area contributed by atoms with Crippen molar-refractivity contribution in [3.05, 3.63) is 34.9 Å². The van der Waals surface area contributed by atoms with Gasteiger partial charge in [-0.15, -0.1) is 0 Å². The minimum absolute atomic E-state index is 0.0269. The smallest absolute Gasteiger partial charge is 0.255 e. The molecule has 1 unspecified atom stereocenters. The molecule has 4 nitrogen and oxygen atoms in total. The quantitative estimate of drug-likeness (QED) is 0.815. The van der Waals surface area contributed by atoms with E-state index in [-0.39, 0.29) is 11.8 Å². The van der Waals surface area contributed by atoms with E-state index in [1.165, 1.54) is 6.42 Å². The Kier molecular flexibility index (Phi) is 6.00. The molecule has 1 atom stereocenters. The first-order valence-corrected chi connectivity index (χ1v) is 9.84. The lowest BCUT2D eigenvalue weighted by atomic mass is 9.91. The van der Waals surface area contributed by atoms with Crippen molar-refractivity contribution >= 4 is 23.4 Å². The molecular weight excluding hydrogens is 336 g/mol. The minimum atomic E-state index is -0.0269. The molecule has 0 radical (unpaired) electrons. The van der Waals surface area contributed by atoms with Crippen molar-refractivity contribution in [2.45, 2.75) is 51.5 Å². The number of hydrogen-bond donors (Lipinski definition) is 0. The zero-order valence-corrected chi connectivity index (χ0v) is 15.7. The van der Waals surface area contributed by atoms with E-state index in [9.17, 15) is 9.59 Å². The standard InChI is InChI=1S/C20H27ClN2O2/c1-2-16-7-5-6-12-23(16)19(24)15-10-13-22(14-11-15)20(25)17-8-3-4-9-18(17)21/h3-4,8-9,15-16H,2,5-7,10-14H2,1H3. The molecule has 0 N–H and O–H groups in total. The van der Waals surface area contributed by atoms with E-state index in [0.717, 1.165) is 38.6 Å². The highest BCUT2D eigenvalue weighted by Crippen LogP contribution is 2.27. The summed E-state index contributed by atoms with van der Waals surface area (Å²) in [5.41, 5.74) is 0.552. The van der Waals surface area contributed by atoms with Gasteiger partial charge in [0.1, 0.15) is 0 Å². The fourth-order valence-corrected chi connectivity index (χ4v) is 4.30. The van der Waals surface area contributed by atoms with Crippen LogP contribution in [0.4, 0.5) is 0 Å². The van der Waals surface area contributed by atoms with Gasteiger partial charge in [-0.25, -0.2) is 0 Å². The third-order valence-electron chi connectivity index (χ3n) is 5.62. The third-order valence-corrected chi connectivity index (χ3v) is 5.95. The Hall–Kier alpha value is -1.55. The molecule has 1 aromatic rings. The molecule has 1 aromatic carbocycles. The van der Waals surface area contributed by atoms with Gasteiger partial charge in [0.15, 0.2) is 0 Å². The maximum absolute atomic E-state index is 12.9. The van der Waals surface area contributed by atoms with Gasteiger partial charge in [-0.2, -0.15) is 0 Å². The van der Waals surface area contributed by atoms with Gasteiger partial charge in [0, 0.05) is 31.6 Å². The number of carbonyl (C=O) groups is 2. The normalized spacial score (nSPS) is 22.1. The Labute approximate surface area is 155 Å². The molecule has 2 aliphatic heterocycles. The molecule has 3 rings (SSSR count). The maximum Gasteiger partial charge on any atom is 0.255 e. The van der Waals surface area contributed by atoms with Crippen molar-refractivity contribution in [1.29, 1.82) is 0 Å². The van der Waals surface area contributed by atoms with Crippen LogP contribution < -0.4 is 0 Å². The Morgan fingerprint density at radius 2 is 1.80 bits per heavy atom. The summed E-state index contributed by atoms with van der Waals surface area (Å²) in [7, 11) is 0. The lowest BCUT2D eigenvalue weighted by Gasteiger charge is -2.39. The average Bonchev–Trinajstić information content (AvgIpc) is 2.67. The van der Waals surface area contributed by atoms with Gasteiger partial charge < -0.3 is 9.80 Å².